The van der Waals surface area contributed by atoms with Crippen LogP contribution in [0.2, 0.25) is 0 Å². The maximum absolute atomic E-state index is 4.50. The summed E-state index contributed by atoms with van der Waals surface area (Å²) in [5.74, 6) is 0. The van der Waals surface area contributed by atoms with Crippen LogP contribution in [0.25, 0.3) is 0 Å². The Bertz CT molecular complexity index is 165. The van der Waals surface area contributed by atoms with Crippen molar-refractivity contribution in [1.29, 1.82) is 0 Å². The van der Waals surface area contributed by atoms with E-state index in [2.05, 4.69) is 40.5 Å². The third kappa shape index (κ3) is 14.6. The number of halogens is 1. The molecule has 0 amide bonds. The average Bonchev–Trinajstić information content (AvgIpc) is 2.85. The van der Waals surface area contributed by atoms with Crippen molar-refractivity contribution in [1.82, 2.24) is 0 Å². The molecule has 0 aromatic heterocycles. The van der Waals surface area contributed by atoms with Crippen LogP contribution in [-0.4, -0.2) is 7.11 Å². The third-order valence-corrected chi connectivity index (χ3v) is 1.17. The van der Waals surface area contributed by atoms with Crippen molar-refractivity contribution in [2.45, 2.75) is 12.8 Å². The summed E-state index contributed by atoms with van der Waals surface area (Å²) in [6.07, 6.45) is 20.0. The zero-order valence-corrected chi connectivity index (χ0v) is 11.4. The van der Waals surface area contributed by atoms with Crippen LogP contribution in [0.15, 0.2) is 36.5 Å². The molecular formula is C11H13ClOZr. The summed E-state index contributed by atoms with van der Waals surface area (Å²) in [6, 6.07) is 0. The van der Waals surface area contributed by atoms with Gasteiger partial charge < -0.3 is 0 Å². The Morgan fingerprint density at radius 3 is 1.50 bits per heavy atom. The van der Waals surface area contributed by atoms with Crippen molar-refractivity contribution in [2.75, 3.05) is 7.11 Å². The van der Waals surface area contributed by atoms with Crippen LogP contribution < -0.4 is 0 Å². The maximum Gasteiger partial charge on any atom is 2.00 e. The van der Waals surface area contributed by atoms with Crippen LogP contribution in [0.3, 0.4) is 0 Å². The van der Waals surface area contributed by atoms with Gasteiger partial charge in [-0.05, 0) is 0 Å². The van der Waals surface area contributed by atoms with E-state index in [-0.39, 0.29) is 26.2 Å². The van der Waals surface area contributed by atoms with E-state index in [0.717, 1.165) is 12.8 Å². The second-order valence-electron chi connectivity index (χ2n) is 2.16. The van der Waals surface area contributed by atoms with E-state index in [1.165, 1.54) is 7.11 Å². The van der Waals surface area contributed by atoms with Crippen molar-refractivity contribution in [3.63, 3.8) is 0 Å². The van der Waals surface area contributed by atoms with Crippen LogP contribution in [0.5, 0.6) is 0 Å². The van der Waals surface area contributed by atoms with Gasteiger partial charge in [0.1, 0.15) is 0 Å². The predicted molar refractivity (Wildman–Crippen MR) is 56.0 cm³/mol. The molecule has 3 heteroatoms. The monoisotopic (exact) mass is 286 g/mol. The number of hydrogen-bond acceptors (Lipinski definition) is 1. The molecule has 0 heterocycles. The summed E-state index contributed by atoms with van der Waals surface area (Å²) in [5.41, 5.74) is 0. The Kier molecular flexibility index (Phi) is 18.4. The summed E-state index contributed by atoms with van der Waals surface area (Å²) in [4.78, 5) is 0. The fourth-order valence-electron chi connectivity index (χ4n) is 0.680. The molecule has 0 bridgehead atoms. The molecule has 0 aromatic carbocycles. The molecule has 0 fully saturated rings. The van der Waals surface area contributed by atoms with Gasteiger partial charge >= 0.3 is 26.2 Å². The molecule has 0 radical (unpaired) electrons. The maximum atomic E-state index is 4.50. The van der Waals surface area contributed by atoms with Crippen LogP contribution >= 0.6 is 11.9 Å². The summed E-state index contributed by atoms with van der Waals surface area (Å²) in [5, 5.41) is 0. The van der Waals surface area contributed by atoms with E-state index in [1.54, 1.807) is 0 Å². The van der Waals surface area contributed by atoms with Gasteiger partial charge in [0.2, 0.25) is 0 Å². The molecule has 2 aliphatic carbocycles. The van der Waals surface area contributed by atoms with Crippen molar-refractivity contribution in [3.05, 3.63) is 48.6 Å². The Morgan fingerprint density at radius 2 is 1.43 bits per heavy atom. The SMILES string of the molecule is COCl.[C-]1=CC=CC1.[C-]1=CC=CC1.[Zr+2]. The quantitative estimate of drug-likeness (QED) is 0.621. The first-order chi connectivity index (χ1) is 6.41. The molecule has 0 unspecified atom stereocenters. The standard InChI is InChI=1S/2C5H5.CH3ClO.Zr/c2*1-2-4-5-3-1;1-3-2;/h2*1-3H,4H2;1H3;/q2*-1;;+2. The molecule has 0 aromatic rings. The van der Waals surface area contributed by atoms with E-state index in [1.807, 2.05) is 24.3 Å². The Hall–Kier alpha value is 0.0931. The van der Waals surface area contributed by atoms with E-state index < -0.39 is 0 Å². The Balaban J connectivity index is 0. The zero-order valence-electron chi connectivity index (χ0n) is 8.16. The summed E-state index contributed by atoms with van der Waals surface area (Å²) >= 11 is 4.50. The van der Waals surface area contributed by atoms with Gasteiger partial charge in [-0.2, -0.15) is 12.2 Å². The average molecular weight is 288 g/mol. The minimum atomic E-state index is 0. The van der Waals surface area contributed by atoms with Gasteiger partial charge in [-0.1, -0.05) is 0 Å². The molecular weight excluding hydrogens is 275 g/mol. The van der Waals surface area contributed by atoms with Gasteiger partial charge in [-0.15, -0.1) is 12.8 Å². The molecule has 0 N–H and O–H groups in total. The van der Waals surface area contributed by atoms with Crippen LogP contribution in [0, 0.1) is 12.2 Å². The van der Waals surface area contributed by atoms with Gasteiger partial charge in [-0.3, -0.25) is 16.4 Å². The minimum absolute atomic E-state index is 0. The second kappa shape index (κ2) is 15.6. The van der Waals surface area contributed by atoms with E-state index in [9.17, 15) is 0 Å². The van der Waals surface area contributed by atoms with Gasteiger partial charge in [0.25, 0.3) is 0 Å². The summed E-state index contributed by atoms with van der Waals surface area (Å²) < 4.78 is 3.72. The summed E-state index contributed by atoms with van der Waals surface area (Å²) in [7, 11) is 1.39. The van der Waals surface area contributed by atoms with Crippen LogP contribution in [0.4, 0.5) is 0 Å². The van der Waals surface area contributed by atoms with Crippen molar-refractivity contribution >= 4 is 11.9 Å². The molecule has 2 rings (SSSR count). The molecule has 74 valence electrons. The first-order valence-corrected chi connectivity index (χ1v) is 4.31. The second-order valence-corrected chi connectivity index (χ2v) is 2.47. The first-order valence-electron chi connectivity index (χ1n) is 4.00. The molecule has 1 nitrogen and oxygen atoms in total. The molecule has 0 spiro atoms. The van der Waals surface area contributed by atoms with Crippen LogP contribution in [0.1, 0.15) is 12.8 Å². The fourth-order valence-corrected chi connectivity index (χ4v) is 0.680. The molecule has 0 saturated heterocycles. The van der Waals surface area contributed by atoms with Crippen molar-refractivity contribution in [2.24, 2.45) is 0 Å². The third-order valence-electron chi connectivity index (χ3n) is 1.17. The van der Waals surface area contributed by atoms with Crippen molar-refractivity contribution in [3.8, 4) is 0 Å². The molecule has 0 saturated carbocycles. The zero-order chi connectivity index (χ0) is 9.78. The number of allylic oxidation sites excluding steroid dienone is 8. The van der Waals surface area contributed by atoms with E-state index in [4.69, 9.17) is 0 Å². The number of rotatable bonds is 0. The van der Waals surface area contributed by atoms with E-state index in [0.29, 0.717) is 0 Å². The van der Waals surface area contributed by atoms with Gasteiger partial charge in [0.05, 0.1) is 19.0 Å². The van der Waals surface area contributed by atoms with Gasteiger partial charge in [0, 0.05) is 0 Å². The molecule has 14 heavy (non-hydrogen) atoms. The first kappa shape index (κ1) is 16.5. The molecule has 0 atom stereocenters. The molecule has 0 aliphatic heterocycles. The van der Waals surface area contributed by atoms with Gasteiger partial charge in [-0.25, -0.2) is 24.3 Å². The number of hydrogen-bond donors (Lipinski definition) is 0. The summed E-state index contributed by atoms with van der Waals surface area (Å²) in [6.45, 7) is 0. The normalized spacial score (nSPS) is 13.9. The fraction of sp³-hybridized carbons (Fsp3) is 0.273. The molecule has 2 aliphatic rings. The minimum Gasteiger partial charge on any atom is -0.283 e. The predicted octanol–water partition coefficient (Wildman–Crippen LogP) is 3.40. The Morgan fingerprint density at radius 1 is 1.07 bits per heavy atom. The Labute approximate surface area is 110 Å². The van der Waals surface area contributed by atoms with Crippen LogP contribution in [-0.2, 0) is 30.5 Å². The smallest absolute Gasteiger partial charge is 0.283 e. The topological polar surface area (TPSA) is 9.23 Å². The van der Waals surface area contributed by atoms with Gasteiger partial charge in [0.15, 0.2) is 0 Å². The largest absolute Gasteiger partial charge is 2.00 e. The van der Waals surface area contributed by atoms with Crippen molar-refractivity contribution < 1.29 is 30.5 Å². The van der Waals surface area contributed by atoms with E-state index >= 15 is 0 Å².